The Morgan fingerprint density at radius 1 is 1.04 bits per heavy atom. The van der Waals surface area contributed by atoms with Crippen LogP contribution < -0.4 is 5.32 Å². The van der Waals surface area contributed by atoms with Gasteiger partial charge in [0, 0.05) is 10.7 Å². The molecule has 4 nitrogen and oxygen atoms in total. The third-order valence-electron chi connectivity index (χ3n) is 4.29. The Morgan fingerprint density at radius 3 is 2.27 bits per heavy atom. The van der Waals surface area contributed by atoms with Gasteiger partial charge in [-0.3, -0.25) is 9.59 Å². The smallest absolute Gasteiger partial charge is 0.314 e. The Hall–Kier alpha value is -2.33. The molecule has 0 aromatic heterocycles. The molecule has 0 aliphatic rings. The van der Waals surface area contributed by atoms with Crippen LogP contribution in [0, 0.1) is 19.8 Å². The van der Waals surface area contributed by atoms with Gasteiger partial charge in [0.2, 0.25) is 0 Å². The van der Waals surface area contributed by atoms with Crippen LogP contribution in [0.3, 0.4) is 0 Å². The highest BCUT2D eigenvalue weighted by Gasteiger charge is 2.26. The minimum atomic E-state index is -0.443. The molecule has 0 aliphatic carbocycles. The summed E-state index contributed by atoms with van der Waals surface area (Å²) in [4.78, 5) is 24.6. The van der Waals surface area contributed by atoms with Gasteiger partial charge in [0.1, 0.15) is 0 Å². The fraction of sp³-hybridized carbons (Fsp3) is 0.333. The molecule has 2 rings (SSSR count). The van der Waals surface area contributed by atoms with Crippen LogP contribution in [-0.2, 0) is 14.3 Å². The summed E-state index contributed by atoms with van der Waals surface area (Å²) in [5, 5.41) is 3.36. The molecular formula is C21H24ClNO3. The second-order valence-electron chi connectivity index (χ2n) is 6.73. The maximum Gasteiger partial charge on any atom is 0.314 e. The van der Waals surface area contributed by atoms with Gasteiger partial charge < -0.3 is 10.1 Å². The van der Waals surface area contributed by atoms with Gasteiger partial charge in [-0.05, 0) is 60.7 Å². The van der Waals surface area contributed by atoms with Crippen LogP contribution in [0.15, 0.2) is 42.5 Å². The Morgan fingerprint density at radius 2 is 1.69 bits per heavy atom. The Kier molecular flexibility index (Phi) is 6.81. The molecule has 26 heavy (non-hydrogen) atoms. The molecule has 0 bridgehead atoms. The molecule has 1 amide bonds. The van der Waals surface area contributed by atoms with E-state index in [1.807, 2.05) is 58.0 Å². The average molecular weight is 374 g/mol. The van der Waals surface area contributed by atoms with Crippen molar-refractivity contribution in [3.05, 3.63) is 64.2 Å². The average Bonchev–Trinajstić information content (AvgIpc) is 2.58. The minimum Gasteiger partial charge on any atom is -0.455 e. The first kappa shape index (κ1) is 20.0. The van der Waals surface area contributed by atoms with Crippen molar-refractivity contribution in [1.29, 1.82) is 0 Å². The number of carbonyl (C=O) groups excluding carboxylic acids is 2. The number of halogens is 1. The van der Waals surface area contributed by atoms with E-state index in [0.29, 0.717) is 10.7 Å². The van der Waals surface area contributed by atoms with Gasteiger partial charge >= 0.3 is 5.97 Å². The molecule has 0 unspecified atom stereocenters. The Bertz CT molecular complexity index is 784. The summed E-state index contributed by atoms with van der Waals surface area (Å²) >= 11 is 5.91. The first-order chi connectivity index (χ1) is 12.3. The molecule has 0 saturated heterocycles. The van der Waals surface area contributed by atoms with Crippen molar-refractivity contribution < 1.29 is 14.3 Å². The van der Waals surface area contributed by atoms with Crippen molar-refractivity contribution in [2.45, 2.75) is 33.6 Å². The van der Waals surface area contributed by atoms with E-state index >= 15 is 0 Å². The summed E-state index contributed by atoms with van der Waals surface area (Å²) in [6.07, 6.45) is 0. The number of hydrogen-bond donors (Lipinski definition) is 1. The molecule has 0 fully saturated rings. The topological polar surface area (TPSA) is 55.4 Å². The summed E-state index contributed by atoms with van der Waals surface area (Å²) < 4.78 is 5.25. The molecule has 0 heterocycles. The molecule has 5 heteroatoms. The predicted octanol–water partition coefficient (Wildman–Crippen LogP) is 4.88. The molecule has 1 atom stereocenters. The summed E-state index contributed by atoms with van der Waals surface area (Å²) in [6, 6.07) is 12.8. The van der Waals surface area contributed by atoms with E-state index in [9.17, 15) is 9.59 Å². The van der Waals surface area contributed by atoms with E-state index in [0.717, 1.165) is 16.7 Å². The predicted molar refractivity (Wildman–Crippen MR) is 105 cm³/mol. The van der Waals surface area contributed by atoms with Gasteiger partial charge in [0.15, 0.2) is 6.61 Å². The number of rotatable bonds is 6. The molecule has 1 N–H and O–H groups in total. The van der Waals surface area contributed by atoms with Crippen molar-refractivity contribution >= 4 is 29.2 Å². The summed E-state index contributed by atoms with van der Waals surface area (Å²) in [5.74, 6) is -1.19. The summed E-state index contributed by atoms with van der Waals surface area (Å²) in [6.45, 7) is 7.55. The van der Waals surface area contributed by atoms with Crippen molar-refractivity contribution in [2.24, 2.45) is 5.92 Å². The number of aryl methyl sites for hydroxylation is 2. The lowest BCUT2D eigenvalue weighted by Crippen LogP contribution is -2.26. The van der Waals surface area contributed by atoms with E-state index in [4.69, 9.17) is 16.3 Å². The highest BCUT2D eigenvalue weighted by Crippen LogP contribution is 2.27. The van der Waals surface area contributed by atoms with Crippen LogP contribution in [0.1, 0.15) is 36.5 Å². The van der Waals surface area contributed by atoms with Crippen LogP contribution in [0.2, 0.25) is 5.02 Å². The highest BCUT2D eigenvalue weighted by atomic mass is 35.5. The third-order valence-corrected chi connectivity index (χ3v) is 4.54. The van der Waals surface area contributed by atoms with Gasteiger partial charge in [-0.15, -0.1) is 0 Å². The second-order valence-corrected chi connectivity index (χ2v) is 7.16. The van der Waals surface area contributed by atoms with E-state index in [2.05, 4.69) is 5.32 Å². The molecule has 0 aliphatic heterocycles. The zero-order chi connectivity index (χ0) is 19.3. The van der Waals surface area contributed by atoms with Crippen LogP contribution in [-0.4, -0.2) is 18.5 Å². The molecule has 138 valence electrons. The lowest BCUT2D eigenvalue weighted by Gasteiger charge is -2.20. The van der Waals surface area contributed by atoms with Gasteiger partial charge in [0.25, 0.3) is 5.91 Å². The molecule has 0 radical (unpaired) electrons. The second kappa shape index (κ2) is 8.86. The third kappa shape index (κ3) is 5.33. The number of nitrogens with one attached hydrogen (secondary N) is 1. The maximum absolute atomic E-state index is 12.5. The fourth-order valence-corrected chi connectivity index (χ4v) is 2.83. The minimum absolute atomic E-state index is 0.0338. The zero-order valence-electron chi connectivity index (χ0n) is 15.5. The Labute approximate surface area is 159 Å². The van der Waals surface area contributed by atoms with Gasteiger partial charge in [-0.1, -0.05) is 43.6 Å². The molecule has 2 aromatic rings. The van der Waals surface area contributed by atoms with E-state index in [1.165, 1.54) is 0 Å². The maximum atomic E-state index is 12.5. The van der Waals surface area contributed by atoms with Crippen molar-refractivity contribution in [1.82, 2.24) is 0 Å². The number of anilines is 1. The van der Waals surface area contributed by atoms with Crippen LogP contribution in [0.4, 0.5) is 5.69 Å². The normalized spacial score (nSPS) is 11.9. The number of amides is 1. The van der Waals surface area contributed by atoms with Gasteiger partial charge in [-0.25, -0.2) is 0 Å². The van der Waals surface area contributed by atoms with Crippen molar-refractivity contribution in [3.8, 4) is 0 Å². The van der Waals surface area contributed by atoms with Gasteiger partial charge in [0.05, 0.1) is 5.92 Å². The van der Waals surface area contributed by atoms with E-state index in [1.54, 1.807) is 12.1 Å². The number of esters is 1. The van der Waals surface area contributed by atoms with Gasteiger partial charge in [-0.2, -0.15) is 0 Å². The van der Waals surface area contributed by atoms with E-state index < -0.39 is 11.9 Å². The number of ether oxygens (including phenoxy) is 1. The fourth-order valence-electron chi connectivity index (χ4n) is 2.71. The number of carbonyl (C=O) groups is 2. The first-order valence-electron chi connectivity index (χ1n) is 8.57. The quantitative estimate of drug-likeness (QED) is 0.734. The largest absolute Gasteiger partial charge is 0.455 e. The molecular weight excluding hydrogens is 350 g/mol. The molecule has 0 saturated carbocycles. The molecule has 0 spiro atoms. The standard InChI is InChI=1S/C21H24ClNO3/c1-13(2)20(16-6-8-17(22)9-7-16)21(25)26-12-19(24)23-18-10-5-14(3)15(4)11-18/h5-11,13,20H,12H2,1-4H3,(H,23,24)/t20-/m1/s1. The highest BCUT2D eigenvalue weighted by molar-refractivity contribution is 6.30. The number of benzene rings is 2. The monoisotopic (exact) mass is 373 g/mol. The van der Waals surface area contributed by atoms with Crippen molar-refractivity contribution in [3.63, 3.8) is 0 Å². The van der Waals surface area contributed by atoms with Crippen molar-refractivity contribution in [2.75, 3.05) is 11.9 Å². The summed E-state index contributed by atoms with van der Waals surface area (Å²) in [5.41, 5.74) is 3.75. The first-order valence-corrected chi connectivity index (χ1v) is 8.95. The lowest BCUT2D eigenvalue weighted by atomic mass is 9.88. The van der Waals surface area contributed by atoms with Crippen LogP contribution in [0.5, 0.6) is 0 Å². The Balaban J connectivity index is 1.97. The van der Waals surface area contributed by atoms with E-state index in [-0.39, 0.29) is 18.4 Å². The summed E-state index contributed by atoms with van der Waals surface area (Å²) in [7, 11) is 0. The lowest BCUT2D eigenvalue weighted by molar-refractivity contribution is -0.149. The molecule has 2 aromatic carbocycles. The van der Waals surface area contributed by atoms with Crippen LogP contribution in [0.25, 0.3) is 0 Å². The number of hydrogen-bond acceptors (Lipinski definition) is 3. The zero-order valence-corrected chi connectivity index (χ0v) is 16.3. The van der Waals surface area contributed by atoms with Crippen LogP contribution >= 0.6 is 11.6 Å². The SMILES string of the molecule is Cc1ccc(NC(=O)COC(=O)[C@@H](c2ccc(Cl)cc2)C(C)C)cc1C.